The van der Waals surface area contributed by atoms with Crippen LogP contribution >= 0.6 is 0 Å². The summed E-state index contributed by atoms with van der Waals surface area (Å²) in [5.41, 5.74) is 2.50. The van der Waals surface area contributed by atoms with Gasteiger partial charge in [0.1, 0.15) is 18.0 Å². The Balaban J connectivity index is 1.61. The summed E-state index contributed by atoms with van der Waals surface area (Å²) in [4.78, 5) is 8.74. The number of fused-ring (bicyclic) bond motifs is 1. The molecular formula is C16H18N6. The second kappa shape index (κ2) is 5.29. The molecule has 6 nitrogen and oxygen atoms in total. The first kappa shape index (κ1) is 13.1. The zero-order valence-electron chi connectivity index (χ0n) is 12.5. The van der Waals surface area contributed by atoms with Crippen LogP contribution in [0.5, 0.6) is 0 Å². The maximum Gasteiger partial charge on any atom is 0.140 e. The van der Waals surface area contributed by atoms with Crippen LogP contribution in [0.1, 0.15) is 30.1 Å². The topological polar surface area (TPSA) is 60.6 Å². The number of imidazole rings is 1. The molecule has 0 fully saturated rings. The lowest BCUT2D eigenvalue weighted by molar-refractivity contribution is 0.591. The molecule has 1 atom stereocenters. The number of anilines is 1. The molecule has 3 aromatic heterocycles. The van der Waals surface area contributed by atoms with Gasteiger partial charge in [-0.25, -0.2) is 9.97 Å². The van der Waals surface area contributed by atoms with E-state index in [1.165, 1.54) is 11.3 Å². The Morgan fingerprint density at radius 3 is 3.14 bits per heavy atom. The predicted octanol–water partition coefficient (Wildman–Crippen LogP) is 2.49. The van der Waals surface area contributed by atoms with E-state index in [2.05, 4.69) is 26.6 Å². The first-order chi connectivity index (χ1) is 10.8. The third-order valence-corrected chi connectivity index (χ3v) is 4.04. The molecule has 3 aromatic rings. The second-order valence-electron chi connectivity index (χ2n) is 5.64. The SMILES string of the molecule is Cn1cc2c(n1)CCCC2Nc1cccc(-n2ccnc2)n1. The van der Waals surface area contributed by atoms with Crippen LogP contribution in [-0.4, -0.2) is 24.3 Å². The fourth-order valence-corrected chi connectivity index (χ4v) is 3.04. The molecule has 0 aliphatic heterocycles. The highest BCUT2D eigenvalue weighted by Gasteiger charge is 2.23. The minimum Gasteiger partial charge on any atom is -0.363 e. The second-order valence-corrected chi connectivity index (χ2v) is 5.64. The molecule has 22 heavy (non-hydrogen) atoms. The van der Waals surface area contributed by atoms with Crippen molar-refractivity contribution in [2.75, 3.05) is 5.32 Å². The summed E-state index contributed by atoms with van der Waals surface area (Å²) in [6, 6.07) is 6.27. The van der Waals surface area contributed by atoms with Crippen molar-refractivity contribution in [1.29, 1.82) is 0 Å². The van der Waals surface area contributed by atoms with E-state index in [9.17, 15) is 0 Å². The van der Waals surface area contributed by atoms with E-state index in [0.717, 1.165) is 30.9 Å². The molecule has 0 aromatic carbocycles. The van der Waals surface area contributed by atoms with Crippen molar-refractivity contribution in [3.63, 3.8) is 0 Å². The average Bonchev–Trinajstić information content (AvgIpc) is 3.16. The Bertz CT molecular complexity index is 774. The highest BCUT2D eigenvalue weighted by molar-refractivity contribution is 5.43. The fourth-order valence-electron chi connectivity index (χ4n) is 3.04. The molecule has 1 N–H and O–H groups in total. The molecule has 6 heteroatoms. The summed E-state index contributed by atoms with van der Waals surface area (Å²) in [6.45, 7) is 0. The smallest absolute Gasteiger partial charge is 0.140 e. The molecular weight excluding hydrogens is 276 g/mol. The van der Waals surface area contributed by atoms with Crippen molar-refractivity contribution in [1.82, 2.24) is 24.3 Å². The number of aryl methyl sites for hydroxylation is 2. The van der Waals surface area contributed by atoms with Gasteiger partial charge >= 0.3 is 0 Å². The number of aromatic nitrogens is 5. The fraction of sp³-hybridized carbons (Fsp3) is 0.312. The molecule has 0 amide bonds. The summed E-state index contributed by atoms with van der Waals surface area (Å²) in [5, 5.41) is 8.10. The molecule has 0 spiro atoms. The van der Waals surface area contributed by atoms with Crippen molar-refractivity contribution in [3.8, 4) is 5.82 Å². The van der Waals surface area contributed by atoms with Gasteiger partial charge in [-0.3, -0.25) is 9.25 Å². The molecule has 0 radical (unpaired) electrons. The van der Waals surface area contributed by atoms with Crippen LogP contribution in [0.4, 0.5) is 5.82 Å². The highest BCUT2D eigenvalue weighted by atomic mass is 15.3. The number of nitrogens with one attached hydrogen (secondary N) is 1. The van der Waals surface area contributed by atoms with Crippen LogP contribution < -0.4 is 5.32 Å². The standard InChI is InChI=1S/C16H18N6/c1-21-10-12-13(4-2-5-14(12)20-21)18-15-6-3-7-16(19-15)22-9-8-17-11-22/h3,6-11,13H,2,4-5H2,1H3,(H,18,19). The Labute approximate surface area is 128 Å². The normalized spacial score (nSPS) is 17.2. The zero-order chi connectivity index (χ0) is 14.9. The highest BCUT2D eigenvalue weighted by Crippen LogP contribution is 2.31. The Kier molecular flexibility index (Phi) is 3.14. The molecule has 0 saturated carbocycles. The van der Waals surface area contributed by atoms with E-state index in [0.29, 0.717) is 0 Å². The van der Waals surface area contributed by atoms with Crippen molar-refractivity contribution in [3.05, 3.63) is 54.4 Å². The Hall–Kier alpha value is -2.63. The van der Waals surface area contributed by atoms with Gasteiger partial charge in [0, 0.05) is 31.2 Å². The van der Waals surface area contributed by atoms with Gasteiger partial charge < -0.3 is 5.32 Å². The average molecular weight is 294 g/mol. The zero-order valence-corrected chi connectivity index (χ0v) is 12.5. The first-order valence-electron chi connectivity index (χ1n) is 7.54. The number of hydrogen-bond acceptors (Lipinski definition) is 4. The predicted molar refractivity (Wildman–Crippen MR) is 83.9 cm³/mol. The number of hydrogen-bond donors (Lipinski definition) is 1. The molecule has 1 aliphatic rings. The van der Waals surface area contributed by atoms with Crippen LogP contribution in [0.3, 0.4) is 0 Å². The lowest BCUT2D eigenvalue weighted by Crippen LogP contribution is -2.17. The maximum absolute atomic E-state index is 4.67. The molecule has 4 rings (SSSR count). The van der Waals surface area contributed by atoms with Crippen LogP contribution in [0.2, 0.25) is 0 Å². The number of pyridine rings is 1. The first-order valence-corrected chi connectivity index (χ1v) is 7.54. The minimum atomic E-state index is 0.281. The van der Waals surface area contributed by atoms with Gasteiger partial charge in [-0.05, 0) is 31.4 Å². The van der Waals surface area contributed by atoms with Gasteiger partial charge in [0.25, 0.3) is 0 Å². The van der Waals surface area contributed by atoms with Crippen molar-refractivity contribution >= 4 is 5.82 Å². The summed E-state index contributed by atoms with van der Waals surface area (Å²) < 4.78 is 3.81. The van der Waals surface area contributed by atoms with E-state index in [1.807, 2.05) is 40.7 Å². The van der Waals surface area contributed by atoms with E-state index >= 15 is 0 Å². The van der Waals surface area contributed by atoms with Gasteiger partial charge in [-0.15, -0.1) is 0 Å². The summed E-state index contributed by atoms with van der Waals surface area (Å²) in [7, 11) is 1.98. The van der Waals surface area contributed by atoms with Crippen LogP contribution in [0.15, 0.2) is 43.1 Å². The van der Waals surface area contributed by atoms with Gasteiger partial charge in [0.15, 0.2) is 0 Å². The minimum absolute atomic E-state index is 0.281. The lowest BCUT2D eigenvalue weighted by Gasteiger charge is -2.23. The molecule has 0 bridgehead atoms. The third kappa shape index (κ3) is 2.36. The van der Waals surface area contributed by atoms with Crippen LogP contribution in [0.25, 0.3) is 5.82 Å². The lowest BCUT2D eigenvalue weighted by atomic mass is 9.93. The monoisotopic (exact) mass is 294 g/mol. The third-order valence-electron chi connectivity index (χ3n) is 4.04. The van der Waals surface area contributed by atoms with Crippen LogP contribution in [0, 0.1) is 0 Å². The Morgan fingerprint density at radius 2 is 2.27 bits per heavy atom. The summed E-state index contributed by atoms with van der Waals surface area (Å²) in [5.74, 6) is 1.75. The molecule has 0 saturated heterocycles. The quantitative estimate of drug-likeness (QED) is 0.806. The van der Waals surface area contributed by atoms with Gasteiger partial charge in [-0.1, -0.05) is 6.07 Å². The summed E-state index contributed by atoms with van der Waals surface area (Å²) in [6.07, 6.45) is 10.9. The molecule has 1 aliphatic carbocycles. The largest absolute Gasteiger partial charge is 0.363 e. The van der Waals surface area contributed by atoms with E-state index in [-0.39, 0.29) is 6.04 Å². The van der Waals surface area contributed by atoms with Crippen molar-refractivity contribution in [2.24, 2.45) is 7.05 Å². The van der Waals surface area contributed by atoms with Crippen molar-refractivity contribution in [2.45, 2.75) is 25.3 Å². The number of rotatable bonds is 3. The number of nitrogens with zero attached hydrogens (tertiary/aromatic N) is 5. The molecule has 3 heterocycles. The van der Waals surface area contributed by atoms with Gasteiger partial charge in [0.05, 0.1) is 11.7 Å². The van der Waals surface area contributed by atoms with E-state index in [4.69, 9.17) is 0 Å². The Morgan fingerprint density at radius 1 is 1.32 bits per heavy atom. The van der Waals surface area contributed by atoms with E-state index < -0.39 is 0 Å². The van der Waals surface area contributed by atoms with Crippen molar-refractivity contribution < 1.29 is 0 Å². The van der Waals surface area contributed by atoms with E-state index in [1.54, 1.807) is 12.5 Å². The van der Waals surface area contributed by atoms with Gasteiger partial charge in [-0.2, -0.15) is 5.10 Å². The summed E-state index contributed by atoms with van der Waals surface area (Å²) >= 11 is 0. The van der Waals surface area contributed by atoms with Crippen LogP contribution in [-0.2, 0) is 13.5 Å². The van der Waals surface area contributed by atoms with Gasteiger partial charge in [0.2, 0.25) is 0 Å². The molecule has 112 valence electrons. The maximum atomic E-state index is 4.67. The molecule has 1 unspecified atom stereocenters.